The van der Waals surface area contributed by atoms with E-state index in [4.69, 9.17) is 15.2 Å². The van der Waals surface area contributed by atoms with Crippen molar-refractivity contribution in [1.29, 1.82) is 0 Å². The number of aliphatic hydroxyl groups is 1. The van der Waals surface area contributed by atoms with Gasteiger partial charge in [-0.3, -0.25) is 4.90 Å². The molecular weight excluding hydrogens is 478 g/mol. The highest BCUT2D eigenvalue weighted by Crippen LogP contribution is 2.44. The number of nitrogens with zero attached hydrogens (tertiary/aromatic N) is 1. The van der Waals surface area contributed by atoms with Gasteiger partial charge < -0.3 is 25.6 Å². The molecule has 3 aromatic rings. The number of methoxy groups -OCH3 is 1. The lowest BCUT2D eigenvalue weighted by molar-refractivity contribution is 0.0829. The predicted octanol–water partition coefficient (Wildman–Crippen LogP) is 4.53. The number of hydrogen-bond donors (Lipinski definition) is 3. The van der Waals surface area contributed by atoms with Gasteiger partial charge in [0.15, 0.2) is 0 Å². The van der Waals surface area contributed by atoms with Crippen molar-refractivity contribution in [1.82, 2.24) is 10.2 Å². The first kappa shape index (κ1) is 27.4. The van der Waals surface area contributed by atoms with Crippen LogP contribution in [0, 0.1) is 0 Å². The maximum absolute atomic E-state index is 13.2. The van der Waals surface area contributed by atoms with Gasteiger partial charge in [-0.15, -0.1) is 6.58 Å². The molecule has 2 unspecified atom stereocenters. The van der Waals surface area contributed by atoms with Crippen LogP contribution in [0.5, 0.6) is 5.75 Å². The summed E-state index contributed by atoms with van der Waals surface area (Å²) in [6, 6.07) is 24.7. The molecule has 0 heterocycles. The van der Waals surface area contributed by atoms with Crippen molar-refractivity contribution < 1.29 is 19.4 Å². The molecule has 0 fully saturated rings. The molecule has 38 heavy (non-hydrogen) atoms. The van der Waals surface area contributed by atoms with Gasteiger partial charge in [-0.05, 0) is 47.2 Å². The van der Waals surface area contributed by atoms with Crippen LogP contribution in [0.15, 0.2) is 91.5 Å². The summed E-state index contributed by atoms with van der Waals surface area (Å²) >= 11 is 0. The van der Waals surface area contributed by atoms with Crippen LogP contribution < -0.4 is 15.8 Å². The van der Waals surface area contributed by atoms with Crippen molar-refractivity contribution in [3.63, 3.8) is 0 Å². The molecule has 3 aromatic carbocycles. The van der Waals surface area contributed by atoms with Crippen molar-refractivity contribution in [3.05, 3.63) is 114 Å². The first-order valence-electron chi connectivity index (χ1n) is 13.0. The van der Waals surface area contributed by atoms with Crippen LogP contribution in [0.2, 0.25) is 0 Å². The van der Waals surface area contributed by atoms with E-state index in [1.54, 1.807) is 18.1 Å². The number of carbonyl (C=O) groups is 1. The number of ether oxygens (including phenoxy) is 2. The zero-order chi connectivity index (χ0) is 26.9. The minimum atomic E-state index is -0.733. The Morgan fingerprint density at radius 3 is 2.45 bits per heavy atom. The summed E-state index contributed by atoms with van der Waals surface area (Å²) in [4.78, 5) is 14.9. The Kier molecular flexibility index (Phi) is 9.54. The van der Waals surface area contributed by atoms with Gasteiger partial charge in [0.2, 0.25) is 0 Å². The van der Waals surface area contributed by atoms with Crippen molar-refractivity contribution in [2.24, 2.45) is 5.73 Å². The fourth-order valence-electron chi connectivity index (χ4n) is 4.96. The molecule has 1 aliphatic carbocycles. The van der Waals surface area contributed by atoms with Crippen molar-refractivity contribution in [2.75, 3.05) is 20.2 Å². The molecule has 4 rings (SSSR count). The molecular formula is C31H37N3O4. The smallest absolute Gasteiger partial charge is 0.410 e. The quantitative estimate of drug-likeness (QED) is 0.307. The average molecular weight is 516 g/mol. The summed E-state index contributed by atoms with van der Waals surface area (Å²) in [5.41, 5.74) is 10.4. The molecule has 1 aliphatic rings. The van der Waals surface area contributed by atoms with Gasteiger partial charge in [-0.25, -0.2) is 4.79 Å². The number of amides is 1. The minimum Gasteiger partial charge on any atom is -0.497 e. The first-order chi connectivity index (χ1) is 18.5. The number of fused-ring (bicyclic) bond motifs is 1. The van der Waals surface area contributed by atoms with E-state index < -0.39 is 18.2 Å². The summed E-state index contributed by atoms with van der Waals surface area (Å²) in [7, 11) is 1.63. The Labute approximate surface area is 224 Å². The summed E-state index contributed by atoms with van der Waals surface area (Å²) in [5, 5.41) is 14.3. The predicted molar refractivity (Wildman–Crippen MR) is 149 cm³/mol. The van der Waals surface area contributed by atoms with Crippen LogP contribution in [-0.4, -0.2) is 48.4 Å². The Hall–Kier alpha value is -3.65. The molecule has 7 heteroatoms. The number of benzene rings is 3. The average Bonchev–Trinajstić information content (AvgIpc) is 3.31. The zero-order valence-corrected chi connectivity index (χ0v) is 21.8. The maximum atomic E-state index is 13.2. The molecule has 4 N–H and O–H groups in total. The van der Waals surface area contributed by atoms with E-state index in [1.807, 2.05) is 78.9 Å². The highest BCUT2D eigenvalue weighted by Gasteiger charge is 2.37. The van der Waals surface area contributed by atoms with E-state index >= 15 is 0 Å². The van der Waals surface area contributed by atoms with Gasteiger partial charge in [0.25, 0.3) is 0 Å². The monoisotopic (exact) mass is 515 g/mol. The molecule has 7 nitrogen and oxygen atoms in total. The number of carbonyl (C=O) groups excluding carboxylic acids is 1. The minimum absolute atomic E-state index is 0.0992. The van der Waals surface area contributed by atoms with Gasteiger partial charge in [0.1, 0.15) is 12.4 Å². The van der Waals surface area contributed by atoms with Crippen LogP contribution in [0.1, 0.15) is 40.8 Å². The third kappa shape index (κ3) is 6.81. The summed E-state index contributed by atoms with van der Waals surface area (Å²) in [6.45, 7) is 4.72. The molecule has 0 spiro atoms. The van der Waals surface area contributed by atoms with Gasteiger partial charge >= 0.3 is 6.09 Å². The lowest BCUT2D eigenvalue weighted by Crippen LogP contribution is -2.43. The van der Waals surface area contributed by atoms with Gasteiger partial charge in [0.05, 0.1) is 19.3 Å². The molecule has 0 bridgehead atoms. The van der Waals surface area contributed by atoms with Crippen LogP contribution in [-0.2, 0) is 17.8 Å². The van der Waals surface area contributed by atoms with Crippen LogP contribution >= 0.6 is 0 Å². The highest BCUT2D eigenvalue weighted by atomic mass is 16.6. The Morgan fingerprint density at radius 2 is 1.79 bits per heavy atom. The summed E-state index contributed by atoms with van der Waals surface area (Å²) in [6.07, 6.45) is 1.79. The normalized spacial score (nSPS) is 17.8. The third-order valence-electron chi connectivity index (χ3n) is 7.01. The van der Waals surface area contributed by atoms with Crippen molar-refractivity contribution in [2.45, 2.75) is 43.7 Å². The SMILES string of the molecule is C=CCN(C(=O)OCc1ccccc1)[C@H]1C[C@@H](NCC(O)C(N)Cc2ccccc2)c2cc(OC)ccc21. The summed E-state index contributed by atoms with van der Waals surface area (Å²) in [5.74, 6) is 0.736. The van der Waals surface area contributed by atoms with E-state index in [-0.39, 0.29) is 18.7 Å². The molecule has 0 radical (unpaired) electrons. The Morgan fingerprint density at radius 1 is 1.11 bits per heavy atom. The molecule has 0 aromatic heterocycles. The molecule has 0 saturated carbocycles. The molecule has 1 amide bonds. The Bertz CT molecular complexity index is 1190. The van der Waals surface area contributed by atoms with E-state index in [2.05, 4.69) is 11.9 Å². The van der Waals surface area contributed by atoms with Crippen molar-refractivity contribution in [3.8, 4) is 5.75 Å². The lowest BCUT2D eigenvalue weighted by Gasteiger charge is -2.28. The second-order valence-corrected chi connectivity index (χ2v) is 9.61. The molecule has 0 saturated heterocycles. The molecule has 0 aliphatic heterocycles. The fourth-order valence-corrected chi connectivity index (χ4v) is 4.96. The number of aliphatic hydroxyl groups excluding tert-OH is 1. The topological polar surface area (TPSA) is 97.0 Å². The number of nitrogens with one attached hydrogen (secondary N) is 1. The summed E-state index contributed by atoms with van der Waals surface area (Å²) < 4.78 is 11.2. The number of nitrogens with two attached hydrogens (primary N) is 1. The maximum Gasteiger partial charge on any atom is 0.410 e. The highest BCUT2D eigenvalue weighted by molar-refractivity contribution is 5.69. The third-order valence-corrected chi connectivity index (χ3v) is 7.01. The van der Waals surface area contributed by atoms with Gasteiger partial charge in [-0.2, -0.15) is 0 Å². The van der Waals surface area contributed by atoms with Crippen LogP contribution in [0.25, 0.3) is 0 Å². The van der Waals surface area contributed by atoms with Gasteiger partial charge in [-0.1, -0.05) is 72.8 Å². The second-order valence-electron chi connectivity index (χ2n) is 9.61. The van der Waals surface area contributed by atoms with Crippen LogP contribution in [0.4, 0.5) is 4.79 Å². The largest absolute Gasteiger partial charge is 0.497 e. The standard InChI is InChI=1S/C31H37N3O4/c1-3-16-34(31(36)38-21-23-12-8-5-9-13-23)29-19-28(26-18-24(37-2)14-15-25(26)29)33-20-30(35)27(32)17-22-10-6-4-7-11-22/h3-15,18,27-30,33,35H,1,16-17,19-21,32H2,2H3/t27?,28-,29+,30?/m1/s1. The number of hydrogen-bond acceptors (Lipinski definition) is 6. The molecule has 4 atom stereocenters. The van der Waals surface area contributed by atoms with Crippen molar-refractivity contribution >= 4 is 6.09 Å². The van der Waals surface area contributed by atoms with E-state index in [0.29, 0.717) is 25.9 Å². The van der Waals surface area contributed by atoms with Gasteiger partial charge in [0, 0.05) is 25.2 Å². The van der Waals surface area contributed by atoms with Crippen LogP contribution in [0.3, 0.4) is 0 Å². The van der Waals surface area contributed by atoms with E-state index in [1.165, 1.54) is 0 Å². The lowest BCUT2D eigenvalue weighted by atomic mass is 10.0. The first-order valence-corrected chi connectivity index (χ1v) is 13.0. The fraction of sp³-hybridized carbons (Fsp3) is 0.323. The second kappa shape index (κ2) is 13.2. The number of rotatable bonds is 12. The van der Waals surface area contributed by atoms with E-state index in [9.17, 15) is 9.90 Å². The Balaban J connectivity index is 1.46. The van der Waals surface area contributed by atoms with E-state index in [0.717, 1.165) is 28.0 Å². The molecule has 200 valence electrons. The zero-order valence-electron chi connectivity index (χ0n) is 21.8.